The second-order valence-electron chi connectivity index (χ2n) is 30.6. The molecule has 0 aromatic heterocycles. The summed E-state index contributed by atoms with van der Waals surface area (Å²) in [6.07, 6.45) is 27.1. The summed E-state index contributed by atoms with van der Waals surface area (Å²) in [5.41, 5.74) is 4.36. The van der Waals surface area contributed by atoms with Crippen molar-refractivity contribution < 1.29 is 54.0 Å². The molecule has 5 aromatic carbocycles. The first-order valence-corrected chi connectivity index (χ1v) is 35.0. The molecule has 13 nitrogen and oxygen atoms in total. The van der Waals surface area contributed by atoms with Gasteiger partial charge in [-0.05, 0) is 208 Å². The van der Waals surface area contributed by atoms with E-state index in [9.17, 15) is 25.5 Å². The van der Waals surface area contributed by atoms with Crippen molar-refractivity contribution in [1.29, 1.82) is 0 Å². The Morgan fingerprint density at radius 2 is 1.62 bits per heavy atom. The zero-order valence-corrected chi connectivity index (χ0v) is 52.4. The number of aromatic hydroxyl groups is 3. The Bertz CT molecular complexity index is 3860. The van der Waals surface area contributed by atoms with Crippen molar-refractivity contribution in [2.45, 2.75) is 170 Å². The molecule has 5 aromatic rings. The molecule has 8 bridgehead atoms. The fourth-order valence-corrected chi connectivity index (χ4v) is 23.5. The number of ether oxygens (including phenoxy) is 6. The summed E-state index contributed by atoms with van der Waals surface area (Å²) in [6.45, 7) is 1.43. The molecule has 11 aliphatic carbocycles. The second-order valence-corrected chi connectivity index (χ2v) is 30.6. The van der Waals surface area contributed by atoms with Gasteiger partial charge in [0.2, 0.25) is 0 Å². The van der Waals surface area contributed by atoms with Crippen molar-refractivity contribution in [2.24, 2.45) is 69.5 Å². The lowest BCUT2D eigenvalue weighted by Crippen LogP contribution is -2.83. The van der Waals surface area contributed by atoms with Crippen LogP contribution in [0, 0.1) is 81.3 Å². The van der Waals surface area contributed by atoms with E-state index in [1.54, 1.807) is 43.5 Å². The van der Waals surface area contributed by atoms with E-state index in [-0.39, 0.29) is 65.1 Å². The summed E-state index contributed by atoms with van der Waals surface area (Å²) in [4.78, 5) is 0. The predicted octanol–water partition coefficient (Wildman–Crippen LogP) is 13.1. The minimum atomic E-state index is -1.09. The topological polar surface area (TPSA) is 181 Å². The Hall–Kier alpha value is -6.24. The molecule has 0 amide bonds. The molecule has 7 saturated carbocycles. The molecule has 4 heterocycles. The monoisotopic (exact) mass is 1230 g/mol. The van der Waals surface area contributed by atoms with Crippen molar-refractivity contribution in [1.82, 2.24) is 10.6 Å². The molecular weight excluding hydrogens is 1140 g/mol. The molecule has 1 saturated heterocycles. The van der Waals surface area contributed by atoms with Gasteiger partial charge in [0.1, 0.15) is 53.0 Å². The fraction of sp³-hybridized carbons (Fsp3) is 0.564. The molecule has 4 aliphatic heterocycles. The van der Waals surface area contributed by atoms with Gasteiger partial charge >= 0.3 is 0 Å². The van der Waals surface area contributed by atoms with Crippen molar-refractivity contribution in [2.75, 3.05) is 33.5 Å². The first kappa shape index (κ1) is 57.4. The number of nitrogens with one attached hydrogen (secondary N) is 2. The van der Waals surface area contributed by atoms with Gasteiger partial charge in [-0.3, -0.25) is 10.6 Å². The van der Waals surface area contributed by atoms with Crippen molar-refractivity contribution in [3.05, 3.63) is 125 Å². The Kier molecular flexibility index (Phi) is 13.5. The number of hydrogen-bond acceptors (Lipinski definition) is 13. The van der Waals surface area contributed by atoms with Crippen LogP contribution in [-0.2, 0) is 15.9 Å². The Labute approximate surface area is 534 Å². The van der Waals surface area contributed by atoms with Gasteiger partial charge in [-0.15, -0.1) is 0 Å². The van der Waals surface area contributed by atoms with Gasteiger partial charge in [0, 0.05) is 83.7 Å². The number of phenolic OH excluding ortho intramolecular Hbond substituents is 3. The average Bonchev–Trinajstić information content (AvgIpc) is 1.50. The van der Waals surface area contributed by atoms with Gasteiger partial charge in [0.15, 0.2) is 0 Å². The maximum atomic E-state index is 13.8. The van der Waals surface area contributed by atoms with Gasteiger partial charge in [-0.2, -0.15) is 0 Å². The Balaban J connectivity index is 0.800. The minimum absolute atomic E-state index is 0.0269. The van der Waals surface area contributed by atoms with Crippen LogP contribution in [-0.4, -0.2) is 94.6 Å². The van der Waals surface area contributed by atoms with E-state index < -0.39 is 53.6 Å². The van der Waals surface area contributed by atoms with E-state index in [1.165, 1.54) is 64.2 Å². The molecule has 20 rings (SSSR count). The van der Waals surface area contributed by atoms with Gasteiger partial charge in [0.25, 0.3) is 0 Å². The molecular formula is C78H88N2O11. The normalized spacial score (nSPS) is 38.9. The number of phenols is 3. The van der Waals surface area contributed by atoms with E-state index >= 15 is 0 Å². The first-order chi connectivity index (χ1) is 44.4. The highest BCUT2D eigenvalue weighted by molar-refractivity contribution is 5.96. The molecule has 8 fully saturated rings. The average molecular weight is 1230 g/mol. The number of allylic oxidation sites excluding steroid dienone is 2. The van der Waals surface area contributed by atoms with Crippen LogP contribution in [0.3, 0.4) is 0 Å². The van der Waals surface area contributed by atoms with E-state index in [0.717, 1.165) is 71.2 Å². The van der Waals surface area contributed by atoms with Gasteiger partial charge in [-0.25, -0.2) is 0 Å². The lowest BCUT2D eigenvalue weighted by Gasteiger charge is -2.65. The summed E-state index contributed by atoms with van der Waals surface area (Å²) in [7, 11) is 1.73. The van der Waals surface area contributed by atoms with E-state index in [2.05, 4.69) is 53.6 Å². The van der Waals surface area contributed by atoms with Crippen LogP contribution in [0.25, 0.3) is 21.9 Å². The fourth-order valence-electron chi connectivity index (χ4n) is 23.5. The standard InChI is InChI=1S/C78H88N2O11/c1-86-30-9-16-64-67(62-42-88-69-47(36-55(39-60(69)68(62)85)89-54-14-2-3-15-54)32-46-35-52(82)19-22-56(46)44-10-6-13-51(81)34-44)71-61-40-65(59-38-53(83)20-23-57(59)70(61)90-64)87-31-8-12-50-41-79-77(80-78(50)49-18-21-58(63(84)37-49)73(78)91-71)43-74(25-4-5-26-74)76-29-28-75-27-7-11-48(75)33-45(72(76)77)17-24-66(75)76/h6,10,13,17-24,34-36,38-40,45,48-50,54,58,62-64,66-68,71-73,79-85H,2-5,7,9,11,14-16,25-33,37,41-43H2,1H3. The SMILES string of the molecule is COCCCC1Oc2c3cc(c4cc(O)ccc24)OCC#CC2CNC4(CC5(CCCC5)C56CCC78CCCC7CC(C=CC85)C46)NC24C2C=CC(C(O)C2)C4OC3C1C1COc2c(Cc3cc(O)ccc3-c3cccc(O)c3)cc(OC3CCCC3)cc2C1O. The van der Waals surface area contributed by atoms with Gasteiger partial charge < -0.3 is 54.0 Å². The summed E-state index contributed by atoms with van der Waals surface area (Å²) in [5, 5.41) is 70.4. The smallest absolute Gasteiger partial charge is 0.149 e. The number of aliphatic hydroxyl groups excluding tert-OH is 2. The van der Waals surface area contributed by atoms with Crippen molar-refractivity contribution in [3.8, 4) is 63.2 Å². The summed E-state index contributed by atoms with van der Waals surface area (Å²) in [5.74, 6) is 10.7. The largest absolute Gasteiger partial charge is 0.508 e. The highest BCUT2D eigenvalue weighted by Crippen LogP contribution is 2.84. The summed E-state index contributed by atoms with van der Waals surface area (Å²) >= 11 is 0. The lowest BCUT2D eigenvalue weighted by atomic mass is 9.50. The van der Waals surface area contributed by atoms with E-state index in [0.29, 0.717) is 96.0 Å². The quantitative estimate of drug-likeness (QED) is 0.0399. The third-order valence-corrected chi connectivity index (χ3v) is 26.7. The second kappa shape index (κ2) is 21.4. The molecule has 476 valence electrons. The summed E-state index contributed by atoms with van der Waals surface area (Å²) in [6, 6.07) is 24.0. The number of fused-ring (bicyclic) bond motifs is 6. The number of rotatable bonds is 10. The van der Waals surface area contributed by atoms with Crippen LogP contribution in [0.4, 0.5) is 0 Å². The zero-order chi connectivity index (χ0) is 61.2. The summed E-state index contributed by atoms with van der Waals surface area (Å²) < 4.78 is 43.0. The Morgan fingerprint density at radius 1 is 0.758 bits per heavy atom. The maximum Gasteiger partial charge on any atom is 0.149 e. The molecule has 91 heavy (non-hydrogen) atoms. The maximum absolute atomic E-state index is 13.8. The number of methoxy groups -OCH3 is 1. The van der Waals surface area contributed by atoms with E-state index in [4.69, 9.17) is 33.7 Å². The van der Waals surface area contributed by atoms with Crippen LogP contribution < -0.4 is 29.6 Å². The molecule has 18 unspecified atom stereocenters. The highest BCUT2D eigenvalue weighted by Gasteiger charge is 2.81. The van der Waals surface area contributed by atoms with Crippen LogP contribution in [0.5, 0.6) is 40.2 Å². The van der Waals surface area contributed by atoms with Crippen LogP contribution in [0.2, 0.25) is 0 Å². The van der Waals surface area contributed by atoms with Gasteiger partial charge in [0.05, 0.1) is 54.2 Å². The molecule has 0 radical (unpaired) electrons. The molecule has 15 aliphatic rings. The number of hydrogen-bond donors (Lipinski definition) is 7. The van der Waals surface area contributed by atoms with Gasteiger partial charge in [-0.1, -0.05) is 73.6 Å². The Morgan fingerprint density at radius 3 is 2.47 bits per heavy atom. The third-order valence-electron chi connectivity index (χ3n) is 26.7. The third kappa shape index (κ3) is 8.43. The number of aliphatic hydroxyl groups is 2. The highest BCUT2D eigenvalue weighted by atomic mass is 16.5. The predicted molar refractivity (Wildman–Crippen MR) is 345 cm³/mol. The van der Waals surface area contributed by atoms with Crippen LogP contribution in [0.15, 0.2) is 103 Å². The van der Waals surface area contributed by atoms with Crippen molar-refractivity contribution >= 4 is 10.8 Å². The van der Waals surface area contributed by atoms with Crippen LogP contribution in [0.1, 0.15) is 150 Å². The minimum Gasteiger partial charge on any atom is -0.508 e. The lowest BCUT2D eigenvalue weighted by molar-refractivity contribution is -0.212. The van der Waals surface area contributed by atoms with Crippen LogP contribution >= 0.6 is 0 Å². The molecule has 5 spiro atoms. The van der Waals surface area contributed by atoms with Crippen molar-refractivity contribution in [3.63, 3.8) is 0 Å². The zero-order valence-electron chi connectivity index (χ0n) is 52.4. The van der Waals surface area contributed by atoms with E-state index in [1.807, 2.05) is 30.3 Å². The molecule has 7 N–H and O–H groups in total. The molecule has 13 heteroatoms. The molecule has 18 atom stereocenters. The first-order valence-electron chi connectivity index (χ1n) is 35.0. The number of benzene rings is 5.